The van der Waals surface area contributed by atoms with Crippen molar-refractivity contribution < 1.29 is 18.3 Å². The van der Waals surface area contributed by atoms with E-state index < -0.39 is 0 Å². The average molecular weight is 340 g/mol. The van der Waals surface area contributed by atoms with Crippen molar-refractivity contribution in [2.24, 2.45) is 0 Å². The first-order valence-electron chi connectivity index (χ1n) is 7.78. The normalized spacial score (nSPS) is 10.5. The minimum Gasteiger partial charge on any atom is -0.497 e. The van der Waals surface area contributed by atoms with Gasteiger partial charge in [-0.05, 0) is 36.2 Å². The number of ether oxygens (including phenoxy) is 1. The van der Waals surface area contributed by atoms with E-state index in [2.05, 4.69) is 10.3 Å². The van der Waals surface area contributed by atoms with Crippen molar-refractivity contribution in [2.45, 2.75) is 6.42 Å². The summed E-state index contributed by atoms with van der Waals surface area (Å²) in [6.45, 7) is 0.412. The maximum atomic E-state index is 12.9. The number of amides is 1. The summed E-state index contributed by atoms with van der Waals surface area (Å²) in [7, 11) is 1.57. The predicted molar refractivity (Wildman–Crippen MR) is 90.9 cm³/mol. The minimum absolute atomic E-state index is 0.215. The molecule has 0 bridgehead atoms. The van der Waals surface area contributed by atoms with E-state index in [-0.39, 0.29) is 17.4 Å². The zero-order chi connectivity index (χ0) is 17.6. The summed E-state index contributed by atoms with van der Waals surface area (Å²) in [5, 5.41) is 2.80. The van der Waals surface area contributed by atoms with E-state index in [9.17, 15) is 9.18 Å². The Hall–Kier alpha value is -3.15. The number of aromatic nitrogens is 1. The number of benzene rings is 2. The lowest BCUT2D eigenvalue weighted by molar-refractivity contribution is 0.0950. The Bertz CT molecular complexity index is 859. The standard InChI is InChI=1S/C19H17FN2O3/c1-24-16-4-2-3-14(11-16)18-17(22-12-25-18)19(23)21-10-9-13-5-7-15(20)8-6-13/h2-8,11-12H,9-10H2,1H3,(H,21,23). The van der Waals surface area contributed by atoms with Crippen LogP contribution >= 0.6 is 0 Å². The van der Waals surface area contributed by atoms with E-state index >= 15 is 0 Å². The van der Waals surface area contributed by atoms with Crippen LogP contribution in [0.4, 0.5) is 4.39 Å². The summed E-state index contributed by atoms with van der Waals surface area (Å²) < 4.78 is 23.5. The van der Waals surface area contributed by atoms with Crippen LogP contribution in [0.2, 0.25) is 0 Å². The smallest absolute Gasteiger partial charge is 0.273 e. The number of nitrogens with one attached hydrogen (secondary N) is 1. The first kappa shape index (κ1) is 16.7. The zero-order valence-corrected chi connectivity index (χ0v) is 13.7. The Morgan fingerprint density at radius 2 is 2.04 bits per heavy atom. The van der Waals surface area contributed by atoms with E-state index in [1.165, 1.54) is 18.5 Å². The molecule has 25 heavy (non-hydrogen) atoms. The second-order valence-corrected chi connectivity index (χ2v) is 5.39. The number of methoxy groups -OCH3 is 1. The highest BCUT2D eigenvalue weighted by Crippen LogP contribution is 2.26. The monoisotopic (exact) mass is 340 g/mol. The van der Waals surface area contributed by atoms with Crippen molar-refractivity contribution in [1.82, 2.24) is 10.3 Å². The highest BCUT2D eigenvalue weighted by atomic mass is 19.1. The van der Waals surface area contributed by atoms with Gasteiger partial charge in [-0.25, -0.2) is 9.37 Å². The molecule has 1 amide bonds. The number of oxazole rings is 1. The average Bonchev–Trinajstić information content (AvgIpc) is 3.13. The number of nitrogens with zero attached hydrogens (tertiary/aromatic N) is 1. The van der Waals surface area contributed by atoms with E-state index in [4.69, 9.17) is 9.15 Å². The summed E-state index contributed by atoms with van der Waals surface area (Å²) in [4.78, 5) is 16.4. The topological polar surface area (TPSA) is 64.4 Å². The lowest BCUT2D eigenvalue weighted by Crippen LogP contribution is -2.26. The van der Waals surface area contributed by atoms with Gasteiger partial charge < -0.3 is 14.5 Å². The van der Waals surface area contributed by atoms with Crippen molar-refractivity contribution in [3.63, 3.8) is 0 Å². The van der Waals surface area contributed by atoms with Gasteiger partial charge in [0.2, 0.25) is 0 Å². The second kappa shape index (κ2) is 7.61. The Labute approximate surface area is 144 Å². The number of rotatable bonds is 6. The number of carbonyl (C=O) groups is 1. The molecule has 1 N–H and O–H groups in total. The molecular formula is C19H17FN2O3. The van der Waals surface area contributed by atoms with Gasteiger partial charge in [-0.1, -0.05) is 24.3 Å². The molecule has 0 aliphatic rings. The molecule has 6 heteroatoms. The highest BCUT2D eigenvalue weighted by Gasteiger charge is 2.18. The van der Waals surface area contributed by atoms with Crippen LogP contribution in [0.25, 0.3) is 11.3 Å². The first-order valence-corrected chi connectivity index (χ1v) is 7.78. The number of hydrogen-bond acceptors (Lipinski definition) is 4. The molecule has 0 aliphatic carbocycles. The molecule has 0 saturated carbocycles. The van der Waals surface area contributed by atoms with Crippen molar-refractivity contribution in [3.05, 3.63) is 72.0 Å². The van der Waals surface area contributed by atoms with E-state index in [1.54, 1.807) is 25.3 Å². The van der Waals surface area contributed by atoms with Gasteiger partial charge in [0.15, 0.2) is 17.8 Å². The molecule has 128 valence electrons. The molecule has 3 aromatic rings. The van der Waals surface area contributed by atoms with Crippen LogP contribution < -0.4 is 10.1 Å². The fraction of sp³-hybridized carbons (Fsp3) is 0.158. The zero-order valence-electron chi connectivity index (χ0n) is 13.7. The largest absolute Gasteiger partial charge is 0.497 e. The second-order valence-electron chi connectivity index (χ2n) is 5.39. The van der Waals surface area contributed by atoms with Gasteiger partial charge in [0, 0.05) is 12.1 Å². The van der Waals surface area contributed by atoms with Gasteiger partial charge in [-0.2, -0.15) is 0 Å². The van der Waals surface area contributed by atoms with Crippen molar-refractivity contribution in [1.29, 1.82) is 0 Å². The fourth-order valence-corrected chi connectivity index (χ4v) is 2.43. The third-order valence-electron chi connectivity index (χ3n) is 3.73. The highest BCUT2D eigenvalue weighted by molar-refractivity contribution is 5.97. The van der Waals surface area contributed by atoms with Gasteiger partial charge in [0.1, 0.15) is 11.6 Å². The summed E-state index contributed by atoms with van der Waals surface area (Å²) >= 11 is 0. The van der Waals surface area contributed by atoms with Crippen LogP contribution in [0.3, 0.4) is 0 Å². The number of hydrogen-bond donors (Lipinski definition) is 1. The molecule has 0 radical (unpaired) electrons. The van der Waals surface area contributed by atoms with Gasteiger partial charge in [0.05, 0.1) is 7.11 Å². The van der Waals surface area contributed by atoms with E-state index in [1.807, 2.05) is 18.2 Å². The summed E-state index contributed by atoms with van der Waals surface area (Å²) in [5.74, 6) is 0.446. The van der Waals surface area contributed by atoms with E-state index in [0.717, 1.165) is 5.56 Å². The number of halogens is 1. The molecule has 0 unspecified atom stereocenters. The molecule has 0 spiro atoms. The molecule has 0 saturated heterocycles. The third-order valence-corrected chi connectivity index (χ3v) is 3.73. The molecule has 5 nitrogen and oxygen atoms in total. The van der Waals surface area contributed by atoms with Crippen LogP contribution in [0, 0.1) is 5.82 Å². The van der Waals surface area contributed by atoms with Crippen LogP contribution in [0.5, 0.6) is 5.75 Å². The molecule has 1 heterocycles. The summed E-state index contributed by atoms with van der Waals surface area (Å²) in [6, 6.07) is 13.4. The lowest BCUT2D eigenvalue weighted by Gasteiger charge is -2.06. The van der Waals surface area contributed by atoms with E-state index in [0.29, 0.717) is 30.0 Å². The molecule has 0 atom stereocenters. The van der Waals surface area contributed by atoms with Crippen LogP contribution in [-0.4, -0.2) is 24.5 Å². The Kier molecular flexibility index (Phi) is 5.09. The molecule has 0 aliphatic heterocycles. The van der Waals surface area contributed by atoms with Gasteiger partial charge in [-0.15, -0.1) is 0 Å². The van der Waals surface area contributed by atoms with Gasteiger partial charge >= 0.3 is 0 Å². The van der Waals surface area contributed by atoms with Crippen LogP contribution in [0.1, 0.15) is 16.1 Å². The molecule has 2 aromatic carbocycles. The SMILES string of the molecule is COc1cccc(-c2ocnc2C(=O)NCCc2ccc(F)cc2)c1. The Morgan fingerprint density at radius 3 is 2.80 bits per heavy atom. The summed E-state index contributed by atoms with van der Waals surface area (Å²) in [5.41, 5.74) is 1.86. The van der Waals surface area contributed by atoms with Crippen LogP contribution in [-0.2, 0) is 6.42 Å². The van der Waals surface area contributed by atoms with Crippen molar-refractivity contribution in [2.75, 3.05) is 13.7 Å². The predicted octanol–water partition coefficient (Wildman–Crippen LogP) is 3.46. The molecule has 1 aromatic heterocycles. The number of carbonyl (C=O) groups excluding carboxylic acids is 1. The van der Waals surface area contributed by atoms with Gasteiger partial charge in [-0.3, -0.25) is 4.79 Å². The summed E-state index contributed by atoms with van der Waals surface area (Å²) in [6.07, 6.45) is 1.84. The fourth-order valence-electron chi connectivity index (χ4n) is 2.43. The molecular weight excluding hydrogens is 323 g/mol. The minimum atomic E-state index is -0.325. The van der Waals surface area contributed by atoms with Crippen LogP contribution in [0.15, 0.2) is 59.3 Å². The van der Waals surface area contributed by atoms with Gasteiger partial charge in [0.25, 0.3) is 5.91 Å². The Morgan fingerprint density at radius 1 is 1.24 bits per heavy atom. The van der Waals surface area contributed by atoms with Crippen molar-refractivity contribution >= 4 is 5.91 Å². The lowest BCUT2D eigenvalue weighted by atomic mass is 10.1. The van der Waals surface area contributed by atoms with Crippen molar-refractivity contribution in [3.8, 4) is 17.1 Å². The maximum absolute atomic E-state index is 12.9. The first-order chi connectivity index (χ1) is 12.2. The molecule has 0 fully saturated rings. The molecule has 3 rings (SSSR count). The Balaban J connectivity index is 1.67. The third kappa shape index (κ3) is 4.03. The maximum Gasteiger partial charge on any atom is 0.273 e. The quantitative estimate of drug-likeness (QED) is 0.746.